The highest BCUT2D eigenvalue weighted by atomic mass is 32.3. The lowest BCUT2D eigenvalue weighted by Crippen LogP contribution is -2.49. The van der Waals surface area contributed by atoms with E-state index in [4.69, 9.17) is 0 Å². The van der Waals surface area contributed by atoms with Crippen LogP contribution in [0.5, 0.6) is 0 Å². The van der Waals surface area contributed by atoms with Crippen molar-refractivity contribution in [2.75, 3.05) is 43.9 Å². The van der Waals surface area contributed by atoms with Gasteiger partial charge in [0.15, 0.2) is 15.3 Å². The van der Waals surface area contributed by atoms with Gasteiger partial charge in [-0.3, -0.25) is 4.90 Å². The Hall–Kier alpha value is -1.93. The van der Waals surface area contributed by atoms with Crippen molar-refractivity contribution in [2.45, 2.75) is 23.4 Å². The molecule has 2 atom stereocenters. The highest BCUT2D eigenvalue weighted by Gasteiger charge is 2.43. The first kappa shape index (κ1) is 18.4. The number of hydrogen-bond acceptors (Lipinski definition) is 5. The Morgan fingerprint density at radius 3 is 2.67 bits per heavy atom. The molecule has 7 heteroatoms. The summed E-state index contributed by atoms with van der Waals surface area (Å²) in [5, 5.41) is 3.54. The predicted molar refractivity (Wildman–Crippen MR) is 109 cm³/mol. The quantitative estimate of drug-likeness (QED) is 0.792. The molecule has 0 radical (unpaired) electrons. The number of sulfonamides is 1. The summed E-state index contributed by atoms with van der Waals surface area (Å²) in [5.74, 6) is 0. The van der Waals surface area contributed by atoms with E-state index in [-0.39, 0.29) is 5.54 Å². The van der Waals surface area contributed by atoms with Gasteiger partial charge in [0.25, 0.3) is 0 Å². The molecule has 1 saturated heterocycles. The number of fused-ring (bicyclic) bond motifs is 1. The second kappa shape index (κ2) is 6.91. The van der Waals surface area contributed by atoms with Crippen molar-refractivity contribution >= 4 is 21.8 Å². The SMILES string of the molecule is CN(C)c1ccc(CN2CCC3(CN[S+](=O)([O-])c4ccccc4N3)C2)cc1. The fourth-order valence-corrected chi connectivity index (χ4v) is 5.23. The highest BCUT2D eigenvalue weighted by Crippen LogP contribution is 2.34. The topological polar surface area (TPSA) is 70.7 Å². The first-order valence-corrected chi connectivity index (χ1v) is 10.7. The molecular formula is C20H26N4O2S. The van der Waals surface area contributed by atoms with Crippen molar-refractivity contribution in [2.24, 2.45) is 0 Å². The third kappa shape index (κ3) is 3.73. The van der Waals surface area contributed by atoms with E-state index < -0.39 is 10.4 Å². The standard InChI is InChI=1S/C20H26N4O2S/c1-23(2)17-9-7-16(8-10-17)13-24-12-11-20(15-24)14-21-27(25,26)19-6-4-3-5-18(19)22-20/h3-10,22H,11-15H2,1-2H3,(H-,21,25,26). The van der Waals surface area contributed by atoms with Crippen LogP contribution in [0, 0.1) is 0 Å². The minimum absolute atomic E-state index is 0.275. The van der Waals surface area contributed by atoms with Crippen molar-refractivity contribution in [1.29, 1.82) is 0 Å². The molecule has 2 unspecified atom stereocenters. The Morgan fingerprint density at radius 2 is 1.93 bits per heavy atom. The minimum Gasteiger partial charge on any atom is -0.593 e. The van der Waals surface area contributed by atoms with E-state index in [1.165, 1.54) is 11.3 Å². The summed E-state index contributed by atoms with van der Waals surface area (Å²) in [6, 6.07) is 15.7. The fraction of sp³-hybridized carbons (Fsp3) is 0.400. The van der Waals surface area contributed by atoms with Crippen LogP contribution in [0.3, 0.4) is 0 Å². The first-order valence-electron chi connectivity index (χ1n) is 9.22. The average molecular weight is 387 g/mol. The molecular weight excluding hydrogens is 360 g/mol. The third-order valence-corrected chi connectivity index (χ3v) is 6.93. The van der Waals surface area contributed by atoms with Crippen LogP contribution < -0.4 is 14.9 Å². The maximum atomic E-state index is 12.5. The van der Waals surface area contributed by atoms with Gasteiger partial charge in [-0.05, 0) is 36.2 Å². The van der Waals surface area contributed by atoms with E-state index in [2.05, 4.69) is 44.1 Å². The molecule has 0 aromatic heterocycles. The van der Waals surface area contributed by atoms with Gasteiger partial charge in [0.1, 0.15) is 0 Å². The lowest BCUT2D eigenvalue weighted by molar-refractivity contribution is 0.310. The van der Waals surface area contributed by atoms with Gasteiger partial charge in [-0.15, -0.1) is 4.72 Å². The van der Waals surface area contributed by atoms with Gasteiger partial charge in [-0.2, -0.15) is 0 Å². The van der Waals surface area contributed by atoms with Gasteiger partial charge in [0.05, 0.1) is 17.8 Å². The normalized spacial score (nSPS) is 27.8. The molecule has 2 N–H and O–H groups in total. The van der Waals surface area contributed by atoms with Crippen LogP contribution in [0.1, 0.15) is 12.0 Å². The zero-order chi connectivity index (χ0) is 19.1. The van der Waals surface area contributed by atoms with E-state index in [9.17, 15) is 8.76 Å². The Morgan fingerprint density at radius 1 is 1.19 bits per heavy atom. The molecule has 0 bridgehead atoms. The Labute approximate surface area is 161 Å². The summed E-state index contributed by atoms with van der Waals surface area (Å²) < 4.78 is 27.8. The second-order valence-electron chi connectivity index (χ2n) is 7.75. The van der Waals surface area contributed by atoms with Crippen molar-refractivity contribution in [1.82, 2.24) is 9.62 Å². The summed E-state index contributed by atoms with van der Waals surface area (Å²) in [6.07, 6.45) is 0.902. The van der Waals surface area contributed by atoms with Gasteiger partial charge >= 0.3 is 0 Å². The van der Waals surface area contributed by atoms with Crippen LogP contribution in [0.4, 0.5) is 11.4 Å². The molecule has 2 heterocycles. The molecule has 1 spiro atoms. The fourth-order valence-electron chi connectivity index (χ4n) is 3.94. The molecule has 2 aliphatic rings. The molecule has 1 fully saturated rings. The largest absolute Gasteiger partial charge is 0.593 e. The number of rotatable bonds is 3. The summed E-state index contributed by atoms with van der Waals surface area (Å²) in [5.41, 5.74) is 2.88. The molecule has 2 aliphatic heterocycles. The minimum atomic E-state index is -3.47. The number of nitrogens with zero attached hydrogens (tertiary/aromatic N) is 2. The number of hydrogen-bond donors (Lipinski definition) is 2. The van der Waals surface area contributed by atoms with Crippen LogP contribution in [0.15, 0.2) is 53.4 Å². The van der Waals surface area contributed by atoms with E-state index >= 15 is 0 Å². The van der Waals surface area contributed by atoms with Crippen molar-refractivity contribution in [3.8, 4) is 0 Å². The van der Waals surface area contributed by atoms with Crippen LogP contribution in [0.25, 0.3) is 0 Å². The van der Waals surface area contributed by atoms with E-state index in [1.54, 1.807) is 12.1 Å². The third-order valence-electron chi connectivity index (χ3n) is 5.47. The maximum absolute atomic E-state index is 12.5. The van der Waals surface area contributed by atoms with Crippen molar-refractivity contribution < 1.29 is 8.76 Å². The monoisotopic (exact) mass is 386 g/mol. The molecule has 0 saturated carbocycles. The number of anilines is 2. The van der Waals surface area contributed by atoms with Gasteiger partial charge in [0, 0.05) is 39.4 Å². The van der Waals surface area contributed by atoms with Crippen molar-refractivity contribution in [3.63, 3.8) is 0 Å². The first-order chi connectivity index (χ1) is 12.9. The van der Waals surface area contributed by atoms with Gasteiger partial charge in [-0.1, -0.05) is 28.5 Å². The Balaban J connectivity index is 1.49. The zero-order valence-electron chi connectivity index (χ0n) is 15.8. The van der Waals surface area contributed by atoms with Gasteiger partial charge in [0.2, 0.25) is 0 Å². The van der Waals surface area contributed by atoms with Crippen LogP contribution in [0.2, 0.25) is 0 Å². The van der Waals surface area contributed by atoms with E-state index in [0.29, 0.717) is 17.1 Å². The average Bonchev–Trinajstić information content (AvgIpc) is 2.99. The zero-order valence-corrected chi connectivity index (χ0v) is 16.6. The Bertz CT molecular complexity index is 871. The lowest BCUT2D eigenvalue weighted by atomic mass is 9.98. The molecule has 0 aliphatic carbocycles. The predicted octanol–water partition coefficient (Wildman–Crippen LogP) is 2.32. The van der Waals surface area contributed by atoms with Crippen LogP contribution >= 0.6 is 0 Å². The number of nitrogens with one attached hydrogen (secondary N) is 2. The molecule has 2 aromatic carbocycles. The second-order valence-corrected chi connectivity index (χ2v) is 9.48. The summed E-state index contributed by atoms with van der Waals surface area (Å²) in [4.78, 5) is 4.81. The molecule has 144 valence electrons. The number of para-hydroxylation sites is 1. The summed E-state index contributed by atoms with van der Waals surface area (Å²) in [6.45, 7) is 3.01. The smallest absolute Gasteiger partial charge is 0.198 e. The van der Waals surface area contributed by atoms with E-state index in [1.807, 2.05) is 26.2 Å². The molecule has 27 heavy (non-hydrogen) atoms. The van der Waals surface area contributed by atoms with Crippen LogP contribution in [-0.2, 0) is 21.2 Å². The molecule has 2 aromatic rings. The molecule has 0 amide bonds. The van der Waals surface area contributed by atoms with Crippen molar-refractivity contribution in [3.05, 3.63) is 54.1 Å². The van der Waals surface area contributed by atoms with Gasteiger partial charge in [-0.25, -0.2) is 0 Å². The van der Waals surface area contributed by atoms with Crippen LogP contribution in [-0.4, -0.2) is 48.7 Å². The molecule has 4 rings (SSSR count). The lowest BCUT2D eigenvalue weighted by Gasteiger charge is -2.29. The van der Waals surface area contributed by atoms with Gasteiger partial charge < -0.3 is 14.8 Å². The number of benzene rings is 2. The maximum Gasteiger partial charge on any atom is 0.198 e. The Kier molecular flexibility index (Phi) is 4.71. The summed E-state index contributed by atoms with van der Waals surface area (Å²) in [7, 11) is 0.608. The summed E-state index contributed by atoms with van der Waals surface area (Å²) >= 11 is 0. The number of likely N-dealkylation sites (tertiary alicyclic amines) is 1. The highest BCUT2D eigenvalue weighted by molar-refractivity contribution is 7.96. The molecule has 6 nitrogen and oxygen atoms in total. The van der Waals surface area contributed by atoms with E-state index in [0.717, 1.165) is 26.1 Å².